The van der Waals surface area contributed by atoms with Crippen molar-refractivity contribution in [3.63, 3.8) is 0 Å². The maximum absolute atomic E-state index is 12.5. The second-order valence-corrected chi connectivity index (χ2v) is 8.68. The third-order valence-electron chi connectivity index (χ3n) is 5.06. The predicted octanol–water partition coefficient (Wildman–Crippen LogP) is 6.35. The average Bonchev–Trinajstić information content (AvgIpc) is 2.86. The van der Waals surface area contributed by atoms with Gasteiger partial charge in [0.15, 0.2) is 11.5 Å². The number of amides is 1. The first-order chi connectivity index (χ1) is 16.5. The van der Waals surface area contributed by atoms with Gasteiger partial charge in [0.05, 0.1) is 7.11 Å². The summed E-state index contributed by atoms with van der Waals surface area (Å²) in [5, 5.41) is 13.0. The maximum Gasteiger partial charge on any atom is 0.261 e. The van der Waals surface area contributed by atoms with Crippen molar-refractivity contribution in [2.75, 3.05) is 13.7 Å². The Labute approximate surface area is 213 Å². The molecule has 0 saturated carbocycles. The van der Waals surface area contributed by atoms with E-state index in [1.807, 2.05) is 42.5 Å². The van der Waals surface area contributed by atoms with Crippen LogP contribution in [0.5, 0.6) is 11.5 Å². The molecule has 0 radical (unpaired) electrons. The summed E-state index contributed by atoms with van der Waals surface area (Å²) in [6.07, 6.45) is 3.16. The fraction of sp³-hybridized carbons (Fsp3) is 0.185. The summed E-state index contributed by atoms with van der Waals surface area (Å²) in [4.78, 5) is 12.5. The maximum atomic E-state index is 12.5. The number of halogens is 2. The highest BCUT2D eigenvalue weighted by atomic mass is 79.9. The standard InChI is InChI=1S/C27H24BrClN2O3/c1-33-25-15-21(23(28)16-26(25)34-18-20-11-5-6-12-24(20)29)14-22(17-30)27(32)31-13-7-10-19-8-3-2-4-9-19/h2-6,8-9,11-12,14-16H,7,10,13,18H2,1H3,(H,31,32)/b22-14-. The van der Waals surface area contributed by atoms with Gasteiger partial charge >= 0.3 is 0 Å². The Morgan fingerprint density at radius 3 is 2.56 bits per heavy atom. The number of aryl methyl sites for hydroxylation is 1. The van der Waals surface area contributed by atoms with Crippen LogP contribution in [0.15, 0.2) is 76.8 Å². The number of hydrogen-bond acceptors (Lipinski definition) is 4. The zero-order valence-corrected chi connectivity index (χ0v) is 21.0. The molecule has 1 N–H and O–H groups in total. The summed E-state index contributed by atoms with van der Waals surface area (Å²) in [7, 11) is 1.53. The Balaban J connectivity index is 1.66. The van der Waals surface area contributed by atoms with Crippen LogP contribution >= 0.6 is 27.5 Å². The van der Waals surface area contributed by atoms with Crippen LogP contribution < -0.4 is 14.8 Å². The molecule has 0 aromatic heterocycles. The van der Waals surface area contributed by atoms with Crippen LogP contribution in [0.25, 0.3) is 6.08 Å². The van der Waals surface area contributed by atoms with E-state index in [2.05, 4.69) is 33.4 Å². The van der Waals surface area contributed by atoms with Crippen LogP contribution in [0.2, 0.25) is 5.02 Å². The average molecular weight is 540 g/mol. The Kier molecular flexibility index (Phi) is 9.57. The number of nitriles is 1. The number of carbonyl (C=O) groups is 1. The van der Waals surface area contributed by atoms with Gasteiger partial charge in [-0.25, -0.2) is 0 Å². The molecule has 0 spiro atoms. The van der Waals surface area contributed by atoms with Gasteiger partial charge in [0.1, 0.15) is 18.2 Å². The molecule has 5 nitrogen and oxygen atoms in total. The van der Waals surface area contributed by atoms with Gasteiger partial charge in [0.2, 0.25) is 0 Å². The number of ether oxygens (including phenoxy) is 2. The Bertz CT molecular complexity index is 1210. The van der Waals surface area contributed by atoms with Crippen molar-refractivity contribution >= 4 is 39.5 Å². The molecule has 34 heavy (non-hydrogen) atoms. The Hall–Kier alpha value is -3.27. The quantitative estimate of drug-likeness (QED) is 0.185. The molecule has 3 aromatic carbocycles. The van der Waals surface area contributed by atoms with Crippen molar-refractivity contribution in [1.29, 1.82) is 5.26 Å². The Morgan fingerprint density at radius 2 is 1.85 bits per heavy atom. The molecule has 0 fully saturated rings. The second-order valence-electron chi connectivity index (χ2n) is 7.42. The second kappa shape index (κ2) is 12.8. The number of benzene rings is 3. The van der Waals surface area contributed by atoms with Gasteiger partial charge in [0.25, 0.3) is 5.91 Å². The molecule has 0 aliphatic carbocycles. The topological polar surface area (TPSA) is 71.3 Å². The van der Waals surface area contributed by atoms with E-state index in [1.165, 1.54) is 18.7 Å². The number of nitrogens with one attached hydrogen (secondary N) is 1. The lowest BCUT2D eigenvalue weighted by atomic mass is 10.1. The highest BCUT2D eigenvalue weighted by Gasteiger charge is 2.14. The third kappa shape index (κ3) is 7.11. The lowest BCUT2D eigenvalue weighted by Crippen LogP contribution is -2.25. The summed E-state index contributed by atoms with van der Waals surface area (Å²) >= 11 is 9.70. The molecule has 174 valence electrons. The van der Waals surface area contributed by atoms with Gasteiger partial charge < -0.3 is 14.8 Å². The van der Waals surface area contributed by atoms with E-state index in [4.69, 9.17) is 21.1 Å². The van der Waals surface area contributed by atoms with Gasteiger partial charge in [-0.3, -0.25) is 4.79 Å². The predicted molar refractivity (Wildman–Crippen MR) is 138 cm³/mol. The number of hydrogen-bond donors (Lipinski definition) is 1. The normalized spacial score (nSPS) is 10.9. The van der Waals surface area contributed by atoms with Crippen molar-refractivity contribution in [2.24, 2.45) is 0 Å². The SMILES string of the molecule is COc1cc(/C=C(/C#N)C(=O)NCCCc2ccccc2)c(Br)cc1OCc1ccccc1Cl. The molecule has 0 aliphatic rings. The number of methoxy groups -OCH3 is 1. The molecule has 0 heterocycles. The summed E-state index contributed by atoms with van der Waals surface area (Å²) in [5.74, 6) is 0.567. The molecular weight excluding hydrogens is 516 g/mol. The molecule has 3 rings (SSSR count). The van der Waals surface area contributed by atoms with Crippen LogP contribution in [-0.4, -0.2) is 19.6 Å². The highest BCUT2D eigenvalue weighted by Crippen LogP contribution is 2.35. The molecule has 0 aliphatic heterocycles. The molecule has 7 heteroatoms. The zero-order valence-electron chi connectivity index (χ0n) is 18.7. The van der Waals surface area contributed by atoms with Crippen molar-refractivity contribution in [2.45, 2.75) is 19.4 Å². The van der Waals surface area contributed by atoms with E-state index in [9.17, 15) is 10.1 Å². The minimum absolute atomic E-state index is 0.00667. The van der Waals surface area contributed by atoms with Crippen LogP contribution in [0, 0.1) is 11.3 Å². The highest BCUT2D eigenvalue weighted by molar-refractivity contribution is 9.10. The van der Waals surface area contributed by atoms with E-state index in [0.29, 0.717) is 33.1 Å². The lowest BCUT2D eigenvalue weighted by molar-refractivity contribution is -0.117. The van der Waals surface area contributed by atoms with Gasteiger partial charge in [-0.15, -0.1) is 0 Å². The largest absolute Gasteiger partial charge is 0.493 e. The minimum Gasteiger partial charge on any atom is -0.493 e. The molecule has 3 aromatic rings. The third-order valence-corrected chi connectivity index (χ3v) is 6.11. The first-order valence-corrected chi connectivity index (χ1v) is 11.9. The smallest absolute Gasteiger partial charge is 0.261 e. The molecule has 1 amide bonds. The fourth-order valence-corrected chi connectivity index (χ4v) is 3.87. The fourth-order valence-electron chi connectivity index (χ4n) is 3.24. The number of rotatable bonds is 10. The zero-order chi connectivity index (χ0) is 24.3. The minimum atomic E-state index is -0.416. The van der Waals surface area contributed by atoms with Crippen molar-refractivity contribution in [3.8, 4) is 17.6 Å². The molecular formula is C27H24BrClN2O3. The van der Waals surface area contributed by atoms with E-state index in [0.717, 1.165) is 18.4 Å². The van der Waals surface area contributed by atoms with Crippen LogP contribution in [0.1, 0.15) is 23.1 Å². The van der Waals surface area contributed by atoms with E-state index in [1.54, 1.807) is 18.2 Å². The van der Waals surface area contributed by atoms with Gasteiger partial charge in [0, 0.05) is 21.6 Å². The first kappa shape index (κ1) is 25.4. The summed E-state index contributed by atoms with van der Waals surface area (Å²) in [5.41, 5.74) is 2.69. The monoisotopic (exact) mass is 538 g/mol. The summed E-state index contributed by atoms with van der Waals surface area (Å²) < 4.78 is 12.0. The molecule has 0 unspecified atom stereocenters. The van der Waals surface area contributed by atoms with E-state index in [-0.39, 0.29) is 12.2 Å². The van der Waals surface area contributed by atoms with Crippen molar-refractivity contribution in [3.05, 3.63) is 98.5 Å². The number of carbonyl (C=O) groups excluding carboxylic acids is 1. The van der Waals surface area contributed by atoms with E-state index < -0.39 is 5.91 Å². The van der Waals surface area contributed by atoms with Crippen LogP contribution in [-0.2, 0) is 17.8 Å². The van der Waals surface area contributed by atoms with Gasteiger partial charge in [-0.1, -0.05) is 76.1 Å². The summed E-state index contributed by atoms with van der Waals surface area (Å²) in [6, 6.07) is 22.9. The van der Waals surface area contributed by atoms with Crippen LogP contribution in [0.3, 0.4) is 0 Å². The Morgan fingerprint density at radius 1 is 1.12 bits per heavy atom. The molecule has 0 saturated heterocycles. The van der Waals surface area contributed by atoms with E-state index >= 15 is 0 Å². The van der Waals surface area contributed by atoms with Gasteiger partial charge in [-0.2, -0.15) is 5.26 Å². The summed E-state index contributed by atoms with van der Waals surface area (Å²) in [6.45, 7) is 0.749. The lowest BCUT2D eigenvalue weighted by Gasteiger charge is -2.14. The van der Waals surface area contributed by atoms with Crippen LogP contribution in [0.4, 0.5) is 0 Å². The van der Waals surface area contributed by atoms with Crippen molar-refractivity contribution in [1.82, 2.24) is 5.32 Å². The van der Waals surface area contributed by atoms with Crippen molar-refractivity contribution < 1.29 is 14.3 Å². The molecule has 0 atom stereocenters. The van der Waals surface area contributed by atoms with Gasteiger partial charge in [-0.05, 0) is 48.2 Å². The number of nitrogens with zero attached hydrogens (tertiary/aromatic N) is 1. The first-order valence-electron chi connectivity index (χ1n) is 10.7. The molecule has 0 bridgehead atoms.